The van der Waals surface area contributed by atoms with Gasteiger partial charge in [-0.15, -0.1) is 0 Å². The van der Waals surface area contributed by atoms with Gasteiger partial charge in [-0.25, -0.2) is 0 Å². The van der Waals surface area contributed by atoms with Crippen molar-refractivity contribution >= 4 is 15.9 Å². The average molecular weight is 332 g/mol. The molecular weight excluding hydrogens is 312 g/mol. The molecule has 0 unspecified atom stereocenters. The number of carbonyl (C=O) groups is 1. The highest BCUT2D eigenvalue weighted by atomic mass is 32.2. The van der Waals surface area contributed by atoms with E-state index in [1.165, 1.54) is 0 Å². The molecule has 0 N–H and O–H groups in total. The summed E-state index contributed by atoms with van der Waals surface area (Å²) in [4.78, 5) is 11.0. The lowest BCUT2D eigenvalue weighted by atomic mass is 10.1. The molecule has 23 heavy (non-hydrogen) atoms. The zero-order chi connectivity index (χ0) is 16.9. The lowest BCUT2D eigenvalue weighted by Crippen LogP contribution is -2.12. The van der Waals surface area contributed by atoms with E-state index in [1.807, 2.05) is 25.1 Å². The van der Waals surface area contributed by atoms with Crippen molar-refractivity contribution in [2.45, 2.75) is 32.4 Å². The summed E-state index contributed by atoms with van der Waals surface area (Å²) in [5, 5.41) is 0. The Morgan fingerprint density at radius 1 is 1.04 bits per heavy atom. The Morgan fingerprint density at radius 3 is 2.35 bits per heavy atom. The molecular formula is C18H20O4S. The Hall–Kier alpha value is -2.14. The number of carbonyl (C=O) groups excluding carboxylic acids is 1. The van der Waals surface area contributed by atoms with Gasteiger partial charge in [-0.1, -0.05) is 42.0 Å². The number of hydrogen-bond donors (Lipinski definition) is 0. The van der Waals surface area contributed by atoms with Gasteiger partial charge >= 0.3 is 10.1 Å². The number of hydrogen-bond acceptors (Lipinski definition) is 4. The van der Waals surface area contributed by atoms with E-state index < -0.39 is 10.1 Å². The van der Waals surface area contributed by atoms with Crippen LogP contribution in [0.3, 0.4) is 0 Å². The summed E-state index contributed by atoms with van der Waals surface area (Å²) in [5.74, 6) is 0.246. The number of benzene rings is 2. The molecule has 4 nitrogen and oxygen atoms in total. The van der Waals surface area contributed by atoms with Gasteiger partial charge < -0.3 is 8.98 Å². The molecule has 0 radical (unpaired) electrons. The highest BCUT2D eigenvalue weighted by molar-refractivity contribution is 7.86. The molecule has 0 aliphatic rings. The molecule has 0 spiro atoms. The van der Waals surface area contributed by atoms with Crippen LogP contribution in [0.2, 0.25) is 0 Å². The summed E-state index contributed by atoms with van der Waals surface area (Å²) in [6.45, 7) is 3.46. The number of Topliss-reactive ketones (excluding diaryl/α,β-unsaturated/α-hetero) is 1. The SMILES string of the molecule is CC(=O)CCc1ccc(OS(=O)(=O)Cc2cccc(C)c2)cc1. The highest BCUT2D eigenvalue weighted by Gasteiger charge is 2.14. The molecule has 0 saturated carbocycles. The predicted octanol–water partition coefficient (Wildman–Crippen LogP) is 3.43. The van der Waals surface area contributed by atoms with Crippen LogP contribution in [-0.4, -0.2) is 14.2 Å². The zero-order valence-electron chi connectivity index (χ0n) is 13.3. The maximum atomic E-state index is 12.1. The van der Waals surface area contributed by atoms with Gasteiger partial charge in [0, 0.05) is 6.42 Å². The molecule has 0 aliphatic carbocycles. The van der Waals surface area contributed by atoms with E-state index in [-0.39, 0.29) is 17.3 Å². The second-order valence-electron chi connectivity index (χ2n) is 5.62. The molecule has 0 aliphatic heterocycles. The van der Waals surface area contributed by atoms with Crippen LogP contribution in [-0.2, 0) is 27.1 Å². The van der Waals surface area contributed by atoms with Crippen molar-refractivity contribution in [3.8, 4) is 5.75 Å². The largest absolute Gasteiger partial charge is 0.382 e. The molecule has 122 valence electrons. The van der Waals surface area contributed by atoms with Gasteiger partial charge in [0.15, 0.2) is 0 Å². The summed E-state index contributed by atoms with van der Waals surface area (Å²) < 4.78 is 29.4. The first kappa shape index (κ1) is 17.2. The molecule has 2 rings (SSSR count). The third-order valence-electron chi connectivity index (χ3n) is 3.34. The number of aryl methyl sites for hydroxylation is 2. The third-order valence-corrected chi connectivity index (χ3v) is 4.47. The van der Waals surface area contributed by atoms with Crippen molar-refractivity contribution in [2.24, 2.45) is 0 Å². The molecule has 0 aromatic heterocycles. The van der Waals surface area contributed by atoms with Gasteiger partial charge in [0.05, 0.1) is 0 Å². The second kappa shape index (κ2) is 7.42. The van der Waals surface area contributed by atoms with E-state index in [0.29, 0.717) is 18.4 Å². The first-order chi connectivity index (χ1) is 10.8. The van der Waals surface area contributed by atoms with Crippen molar-refractivity contribution in [1.82, 2.24) is 0 Å². The van der Waals surface area contributed by atoms with Gasteiger partial charge in [0.1, 0.15) is 17.3 Å². The maximum absolute atomic E-state index is 12.1. The summed E-state index contributed by atoms with van der Waals surface area (Å²) in [7, 11) is -3.70. The minimum atomic E-state index is -3.70. The number of rotatable bonds is 7. The Labute approximate surface area is 137 Å². The van der Waals surface area contributed by atoms with Gasteiger partial charge in [0.2, 0.25) is 0 Å². The fraction of sp³-hybridized carbons (Fsp3) is 0.278. The van der Waals surface area contributed by atoms with Crippen molar-refractivity contribution in [3.05, 3.63) is 65.2 Å². The van der Waals surface area contributed by atoms with Crippen LogP contribution in [0.25, 0.3) is 0 Å². The van der Waals surface area contributed by atoms with Crippen molar-refractivity contribution in [3.63, 3.8) is 0 Å². The van der Waals surface area contributed by atoms with E-state index in [1.54, 1.807) is 37.3 Å². The van der Waals surface area contributed by atoms with Crippen LogP contribution in [0.4, 0.5) is 0 Å². The Morgan fingerprint density at radius 2 is 1.74 bits per heavy atom. The van der Waals surface area contributed by atoms with Crippen LogP contribution in [0.5, 0.6) is 5.75 Å². The first-order valence-corrected chi connectivity index (χ1v) is 8.98. The van der Waals surface area contributed by atoms with Gasteiger partial charge in [0.25, 0.3) is 0 Å². The zero-order valence-corrected chi connectivity index (χ0v) is 14.1. The van der Waals surface area contributed by atoms with Crippen molar-refractivity contribution in [2.75, 3.05) is 0 Å². The van der Waals surface area contributed by atoms with Crippen LogP contribution in [0, 0.1) is 6.92 Å². The topological polar surface area (TPSA) is 60.4 Å². The predicted molar refractivity (Wildman–Crippen MR) is 89.9 cm³/mol. The van der Waals surface area contributed by atoms with Crippen LogP contribution >= 0.6 is 0 Å². The molecule has 0 bridgehead atoms. The third kappa shape index (κ3) is 5.87. The lowest BCUT2D eigenvalue weighted by molar-refractivity contribution is -0.116. The Balaban J connectivity index is 2.01. The molecule has 0 atom stereocenters. The molecule has 0 heterocycles. The summed E-state index contributed by atoms with van der Waals surface area (Å²) in [6.07, 6.45) is 1.12. The van der Waals surface area contributed by atoms with E-state index in [4.69, 9.17) is 4.18 Å². The normalized spacial score (nSPS) is 11.2. The quantitative estimate of drug-likeness (QED) is 0.729. The Bertz CT molecular complexity index is 777. The monoisotopic (exact) mass is 332 g/mol. The minimum Gasteiger partial charge on any atom is -0.382 e. The van der Waals surface area contributed by atoms with Gasteiger partial charge in [-0.2, -0.15) is 8.42 Å². The van der Waals surface area contributed by atoms with Crippen LogP contribution < -0.4 is 4.18 Å². The maximum Gasteiger partial charge on any atom is 0.313 e. The fourth-order valence-electron chi connectivity index (χ4n) is 2.21. The lowest BCUT2D eigenvalue weighted by Gasteiger charge is -2.08. The molecule has 0 saturated heterocycles. The minimum absolute atomic E-state index is 0.131. The molecule has 0 amide bonds. The van der Waals surface area contributed by atoms with Gasteiger partial charge in [-0.3, -0.25) is 0 Å². The number of ketones is 1. The molecule has 2 aromatic rings. The van der Waals surface area contributed by atoms with E-state index in [2.05, 4.69) is 0 Å². The summed E-state index contributed by atoms with van der Waals surface area (Å²) in [6, 6.07) is 14.1. The first-order valence-electron chi connectivity index (χ1n) is 7.40. The molecule has 5 heteroatoms. The standard InChI is InChI=1S/C18H20O4S/c1-14-4-3-5-17(12-14)13-23(20,21)22-18-10-8-16(9-11-18)7-6-15(2)19/h3-5,8-12H,6-7,13H2,1-2H3. The average Bonchev–Trinajstić information content (AvgIpc) is 2.45. The fourth-order valence-corrected chi connectivity index (χ4v) is 3.27. The van der Waals surface area contributed by atoms with Crippen molar-refractivity contribution in [1.29, 1.82) is 0 Å². The molecule has 0 fully saturated rings. The van der Waals surface area contributed by atoms with Crippen LogP contribution in [0.15, 0.2) is 48.5 Å². The summed E-state index contributed by atoms with van der Waals surface area (Å²) >= 11 is 0. The van der Waals surface area contributed by atoms with Crippen LogP contribution in [0.1, 0.15) is 30.0 Å². The van der Waals surface area contributed by atoms with E-state index in [9.17, 15) is 13.2 Å². The van der Waals surface area contributed by atoms with E-state index >= 15 is 0 Å². The highest BCUT2D eigenvalue weighted by Crippen LogP contribution is 2.18. The van der Waals surface area contributed by atoms with Crippen molar-refractivity contribution < 1.29 is 17.4 Å². The smallest absolute Gasteiger partial charge is 0.313 e. The summed E-state index contributed by atoms with van der Waals surface area (Å²) in [5.41, 5.74) is 2.68. The Kier molecular flexibility index (Phi) is 5.55. The molecule has 2 aromatic carbocycles. The van der Waals surface area contributed by atoms with Gasteiger partial charge in [-0.05, 0) is 43.5 Å². The van der Waals surface area contributed by atoms with E-state index in [0.717, 1.165) is 11.1 Å². The second-order valence-corrected chi connectivity index (χ2v) is 7.19.